The van der Waals surface area contributed by atoms with Gasteiger partial charge in [-0.05, 0) is 32.0 Å². The highest BCUT2D eigenvalue weighted by molar-refractivity contribution is 5.22. The van der Waals surface area contributed by atoms with E-state index >= 15 is 0 Å². The second-order valence-electron chi connectivity index (χ2n) is 4.24. The minimum atomic E-state index is -0.0681. The Labute approximate surface area is 91.9 Å². The second kappa shape index (κ2) is 4.23. The van der Waals surface area contributed by atoms with Crippen molar-refractivity contribution < 1.29 is 4.74 Å². The largest absolute Gasteiger partial charge is 0.473 e. The van der Waals surface area contributed by atoms with Crippen LogP contribution in [0.1, 0.15) is 26.2 Å². The number of hydrogen-bond donors (Lipinski definition) is 0. The molecule has 1 atom stereocenters. The number of rotatable bonds is 3. The van der Waals surface area contributed by atoms with Crippen LogP contribution in [0.5, 0.6) is 5.75 Å². The topological polar surface area (TPSA) is 12.5 Å². The van der Waals surface area contributed by atoms with Gasteiger partial charge in [-0.1, -0.05) is 25.1 Å². The van der Waals surface area contributed by atoms with Crippen LogP contribution in [0.25, 0.3) is 0 Å². The van der Waals surface area contributed by atoms with Crippen molar-refractivity contribution >= 4 is 0 Å². The van der Waals surface area contributed by atoms with E-state index in [0.717, 1.165) is 25.1 Å². The molecule has 1 heterocycles. The molecule has 0 amide bonds. The molecule has 0 aliphatic carbocycles. The summed E-state index contributed by atoms with van der Waals surface area (Å²) < 4.78 is 6.15. The molecule has 2 heteroatoms. The summed E-state index contributed by atoms with van der Waals surface area (Å²) in [5.74, 6) is 0.980. The van der Waals surface area contributed by atoms with E-state index in [1.165, 1.54) is 6.42 Å². The van der Waals surface area contributed by atoms with Crippen LogP contribution in [-0.4, -0.2) is 24.2 Å². The molecule has 0 radical (unpaired) electrons. The standard InChI is InChI=1S/C13H19NO/c1-3-13(10-7-11-14(13)2)15-12-8-5-4-6-9-12/h4-6,8-9H,3,7,10-11H2,1-2H3. The van der Waals surface area contributed by atoms with Crippen LogP contribution in [0, 0.1) is 0 Å². The van der Waals surface area contributed by atoms with Crippen molar-refractivity contribution in [2.24, 2.45) is 0 Å². The summed E-state index contributed by atoms with van der Waals surface area (Å²) in [4.78, 5) is 2.33. The first kappa shape index (κ1) is 10.5. The van der Waals surface area contributed by atoms with E-state index in [1.807, 2.05) is 30.3 Å². The van der Waals surface area contributed by atoms with Crippen LogP contribution in [0.15, 0.2) is 30.3 Å². The van der Waals surface area contributed by atoms with Gasteiger partial charge in [0, 0.05) is 13.0 Å². The molecule has 2 rings (SSSR count). The van der Waals surface area contributed by atoms with E-state index in [9.17, 15) is 0 Å². The van der Waals surface area contributed by atoms with Crippen molar-refractivity contribution in [3.63, 3.8) is 0 Å². The van der Waals surface area contributed by atoms with Crippen LogP contribution in [0.4, 0.5) is 0 Å². The predicted molar refractivity (Wildman–Crippen MR) is 62.0 cm³/mol. The zero-order chi connectivity index (χ0) is 10.7. The van der Waals surface area contributed by atoms with Gasteiger partial charge >= 0.3 is 0 Å². The molecule has 1 saturated heterocycles. The smallest absolute Gasteiger partial charge is 0.162 e. The Morgan fingerprint density at radius 3 is 2.60 bits per heavy atom. The third kappa shape index (κ3) is 2.00. The van der Waals surface area contributed by atoms with E-state index in [-0.39, 0.29) is 5.72 Å². The highest BCUT2D eigenvalue weighted by Gasteiger charge is 2.39. The molecular weight excluding hydrogens is 186 g/mol. The Balaban J connectivity index is 2.15. The average molecular weight is 205 g/mol. The number of likely N-dealkylation sites (tertiary alicyclic amines) is 1. The lowest BCUT2D eigenvalue weighted by molar-refractivity contribution is -0.0450. The lowest BCUT2D eigenvalue weighted by Crippen LogP contribution is -2.46. The lowest BCUT2D eigenvalue weighted by Gasteiger charge is -2.35. The van der Waals surface area contributed by atoms with Crippen molar-refractivity contribution in [3.05, 3.63) is 30.3 Å². The first-order valence-electron chi connectivity index (χ1n) is 5.72. The summed E-state index contributed by atoms with van der Waals surface area (Å²) in [6.07, 6.45) is 3.41. The first-order chi connectivity index (χ1) is 7.27. The molecule has 1 unspecified atom stereocenters. The maximum atomic E-state index is 6.15. The number of nitrogens with zero attached hydrogens (tertiary/aromatic N) is 1. The van der Waals surface area contributed by atoms with E-state index < -0.39 is 0 Å². The summed E-state index contributed by atoms with van der Waals surface area (Å²) in [7, 11) is 2.15. The van der Waals surface area contributed by atoms with Crippen molar-refractivity contribution in [2.75, 3.05) is 13.6 Å². The maximum Gasteiger partial charge on any atom is 0.162 e. The molecule has 1 aliphatic rings. The molecule has 0 spiro atoms. The van der Waals surface area contributed by atoms with Crippen LogP contribution < -0.4 is 4.74 Å². The number of ether oxygens (including phenoxy) is 1. The molecule has 1 aromatic rings. The summed E-state index contributed by atoms with van der Waals surface area (Å²) in [5.41, 5.74) is -0.0681. The summed E-state index contributed by atoms with van der Waals surface area (Å²) >= 11 is 0. The molecule has 1 fully saturated rings. The average Bonchev–Trinajstić information content (AvgIpc) is 2.62. The SMILES string of the molecule is CCC1(Oc2ccccc2)CCCN1C. The molecule has 0 N–H and O–H groups in total. The molecule has 82 valence electrons. The lowest BCUT2D eigenvalue weighted by atomic mass is 10.1. The Kier molecular flexibility index (Phi) is 2.96. The van der Waals surface area contributed by atoms with Gasteiger partial charge in [0.2, 0.25) is 0 Å². The Morgan fingerprint density at radius 2 is 2.07 bits per heavy atom. The number of para-hydroxylation sites is 1. The molecule has 1 aromatic carbocycles. The van der Waals surface area contributed by atoms with Gasteiger partial charge in [-0.2, -0.15) is 0 Å². The normalized spacial score (nSPS) is 26.8. The molecule has 0 bridgehead atoms. The van der Waals surface area contributed by atoms with Crippen LogP contribution in [-0.2, 0) is 0 Å². The van der Waals surface area contributed by atoms with Crippen LogP contribution >= 0.6 is 0 Å². The summed E-state index contributed by atoms with van der Waals surface area (Å²) in [6, 6.07) is 10.1. The molecular formula is C13H19NO. The first-order valence-corrected chi connectivity index (χ1v) is 5.72. The fourth-order valence-electron chi connectivity index (χ4n) is 2.34. The summed E-state index contributed by atoms with van der Waals surface area (Å²) in [6.45, 7) is 3.34. The molecule has 2 nitrogen and oxygen atoms in total. The van der Waals surface area contributed by atoms with E-state index in [1.54, 1.807) is 0 Å². The Hall–Kier alpha value is -1.02. The minimum absolute atomic E-state index is 0.0681. The summed E-state index contributed by atoms with van der Waals surface area (Å²) in [5, 5.41) is 0. The monoisotopic (exact) mass is 205 g/mol. The molecule has 15 heavy (non-hydrogen) atoms. The zero-order valence-electron chi connectivity index (χ0n) is 9.57. The van der Waals surface area contributed by atoms with Gasteiger partial charge in [0.1, 0.15) is 5.75 Å². The van der Waals surface area contributed by atoms with Crippen molar-refractivity contribution in [1.29, 1.82) is 0 Å². The van der Waals surface area contributed by atoms with Crippen molar-refractivity contribution in [3.8, 4) is 5.75 Å². The van der Waals surface area contributed by atoms with Gasteiger partial charge in [0.05, 0.1) is 0 Å². The van der Waals surface area contributed by atoms with E-state index in [4.69, 9.17) is 4.74 Å². The number of hydrogen-bond acceptors (Lipinski definition) is 2. The fraction of sp³-hybridized carbons (Fsp3) is 0.538. The maximum absolute atomic E-state index is 6.15. The Bertz CT molecular complexity index is 312. The molecule has 0 saturated carbocycles. The van der Waals surface area contributed by atoms with Gasteiger partial charge in [0.15, 0.2) is 5.72 Å². The fourth-order valence-corrected chi connectivity index (χ4v) is 2.34. The van der Waals surface area contributed by atoms with E-state index in [2.05, 4.69) is 18.9 Å². The van der Waals surface area contributed by atoms with Gasteiger partial charge in [-0.3, -0.25) is 4.90 Å². The third-order valence-electron chi connectivity index (χ3n) is 3.36. The highest BCUT2D eigenvalue weighted by Crippen LogP contribution is 2.33. The highest BCUT2D eigenvalue weighted by atomic mass is 16.5. The van der Waals surface area contributed by atoms with Crippen LogP contribution in [0.2, 0.25) is 0 Å². The van der Waals surface area contributed by atoms with Gasteiger partial charge < -0.3 is 4.74 Å². The van der Waals surface area contributed by atoms with Gasteiger partial charge in [-0.15, -0.1) is 0 Å². The predicted octanol–water partition coefficient (Wildman–Crippen LogP) is 2.90. The van der Waals surface area contributed by atoms with Crippen LogP contribution in [0.3, 0.4) is 0 Å². The third-order valence-corrected chi connectivity index (χ3v) is 3.36. The zero-order valence-corrected chi connectivity index (χ0v) is 9.57. The Morgan fingerprint density at radius 1 is 1.33 bits per heavy atom. The minimum Gasteiger partial charge on any atom is -0.473 e. The quantitative estimate of drug-likeness (QED) is 0.752. The van der Waals surface area contributed by atoms with Gasteiger partial charge in [-0.25, -0.2) is 0 Å². The second-order valence-corrected chi connectivity index (χ2v) is 4.24. The number of benzene rings is 1. The van der Waals surface area contributed by atoms with E-state index in [0.29, 0.717) is 0 Å². The molecule has 1 aliphatic heterocycles. The molecule has 0 aromatic heterocycles. The van der Waals surface area contributed by atoms with Crippen molar-refractivity contribution in [1.82, 2.24) is 4.90 Å². The van der Waals surface area contributed by atoms with Gasteiger partial charge in [0.25, 0.3) is 0 Å². The van der Waals surface area contributed by atoms with Crippen molar-refractivity contribution in [2.45, 2.75) is 31.9 Å².